The Hall–Kier alpha value is -4.28. The number of anilines is 1. The first kappa shape index (κ1) is 28.5. The number of hydrogen-bond donors (Lipinski definition) is 0. The molecule has 2 aromatic carbocycles. The molecule has 1 saturated carbocycles. The maximum atomic E-state index is 3.99. The molecular weight excluding hydrogens is 530 g/mol. The zero-order valence-electron chi connectivity index (χ0n) is 26.7. The summed E-state index contributed by atoms with van der Waals surface area (Å²) in [5.74, 6) is 7.93. The van der Waals surface area contributed by atoms with Crippen molar-refractivity contribution in [3.8, 4) is 23.0 Å². The minimum Gasteiger partial charge on any atom is -0.371 e. The first-order valence-electron chi connectivity index (χ1n) is 16.5. The van der Waals surface area contributed by atoms with Crippen molar-refractivity contribution in [1.82, 2.24) is 0 Å². The Morgan fingerprint density at radius 3 is 2.80 bits per heavy atom. The van der Waals surface area contributed by atoms with Crippen LogP contribution in [0.25, 0.3) is 11.1 Å². The SMILES string of the molecule is C=C/C=C\CN(C)c1cc(C)c2c(c1)-c1ccccc1C21C(C2=C3CC3=CCC2)=C(CCC)/C2=C/C=C\C(C=CC)C#CC21. The lowest BCUT2D eigenvalue weighted by atomic mass is 9.63. The topological polar surface area (TPSA) is 3.24 Å². The van der Waals surface area contributed by atoms with Gasteiger partial charge in [-0.15, -0.1) is 0 Å². The van der Waals surface area contributed by atoms with Gasteiger partial charge >= 0.3 is 0 Å². The average Bonchev–Trinajstić information content (AvgIpc) is 3.70. The second kappa shape index (κ2) is 11.3. The van der Waals surface area contributed by atoms with Gasteiger partial charge in [0.2, 0.25) is 0 Å². The maximum Gasteiger partial charge on any atom is 0.0649 e. The number of rotatable bonds is 8. The van der Waals surface area contributed by atoms with E-state index < -0.39 is 0 Å². The first-order valence-corrected chi connectivity index (χ1v) is 16.5. The predicted molar refractivity (Wildman–Crippen MR) is 188 cm³/mol. The van der Waals surface area contributed by atoms with Crippen LogP contribution < -0.4 is 4.90 Å². The van der Waals surface area contributed by atoms with E-state index in [1.165, 1.54) is 39.1 Å². The minimum atomic E-state index is -0.321. The van der Waals surface area contributed by atoms with Crippen molar-refractivity contribution in [2.45, 2.75) is 58.3 Å². The Kier molecular flexibility index (Phi) is 7.34. The number of nitrogens with zero attached hydrogens (tertiary/aromatic N) is 1. The third-order valence-corrected chi connectivity index (χ3v) is 10.2. The van der Waals surface area contributed by atoms with Gasteiger partial charge in [-0.3, -0.25) is 0 Å². The third-order valence-electron chi connectivity index (χ3n) is 10.2. The van der Waals surface area contributed by atoms with Gasteiger partial charge in [-0.25, -0.2) is 0 Å². The van der Waals surface area contributed by atoms with E-state index in [1.54, 1.807) is 27.9 Å². The van der Waals surface area contributed by atoms with Crippen molar-refractivity contribution < 1.29 is 0 Å². The number of aryl methyl sites for hydroxylation is 1. The lowest BCUT2D eigenvalue weighted by Gasteiger charge is -2.38. The molecule has 1 nitrogen and oxygen atoms in total. The summed E-state index contributed by atoms with van der Waals surface area (Å²) in [5, 5.41) is 0. The van der Waals surface area contributed by atoms with Crippen LogP contribution in [0.5, 0.6) is 0 Å². The van der Waals surface area contributed by atoms with E-state index in [-0.39, 0.29) is 17.3 Å². The molecule has 3 atom stereocenters. The quantitative estimate of drug-likeness (QED) is 0.172. The summed E-state index contributed by atoms with van der Waals surface area (Å²) in [7, 11) is 2.19. The molecule has 0 saturated heterocycles. The summed E-state index contributed by atoms with van der Waals surface area (Å²) in [6, 6.07) is 14.1. The monoisotopic (exact) mass is 573 g/mol. The minimum absolute atomic E-state index is 0.0677. The highest BCUT2D eigenvalue weighted by molar-refractivity contribution is 5.91. The Balaban J connectivity index is 1.56. The van der Waals surface area contributed by atoms with E-state index in [0.29, 0.717) is 0 Å². The first-order chi connectivity index (χ1) is 21.5. The van der Waals surface area contributed by atoms with Crippen LogP contribution in [-0.2, 0) is 5.41 Å². The molecule has 1 fully saturated rings. The van der Waals surface area contributed by atoms with Crippen LogP contribution in [0.2, 0.25) is 0 Å². The summed E-state index contributed by atoms with van der Waals surface area (Å²) >= 11 is 0. The third kappa shape index (κ3) is 4.30. The van der Waals surface area contributed by atoms with Crippen molar-refractivity contribution in [3.05, 3.63) is 148 Å². The molecule has 1 heteroatoms. The lowest BCUT2D eigenvalue weighted by Crippen LogP contribution is -2.35. The van der Waals surface area contributed by atoms with Crippen LogP contribution in [0.15, 0.2) is 131 Å². The fourth-order valence-corrected chi connectivity index (χ4v) is 8.44. The number of benzene rings is 2. The molecule has 7 rings (SSSR count). The number of likely N-dealkylation sites (N-methyl/N-ethyl adjacent to an activating group) is 1. The van der Waals surface area contributed by atoms with Gasteiger partial charge in [0.1, 0.15) is 0 Å². The summed E-state index contributed by atoms with van der Waals surface area (Å²) < 4.78 is 0. The van der Waals surface area contributed by atoms with Gasteiger partial charge in [0, 0.05) is 19.3 Å². The fourth-order valence-electron chi connectivity index (χ4n) is 8.44. The molecule has 44 heavy (non-hydrogen) atoms. The molecule has 0 heterocycles. The van der Waals surface area contributed by atoms with Gasteiger partial charge in [0.15, 0.2) is 0 Å². The molecule has 0 bridgehead atoms. The zero-order valence-corrected chi connectivity index (χ0v) is 26.7. The van der Waals surface area contributed by atoms with E-state index in [2.05, 4.69) is 130 Å². The summed E-state index contributed by atoms with van der Waals surface area (Å²) in [5.41, 5.74) is 17.3. The van der Waals surface area contributed by atoms with Crippen LogP contribution in [-0.4, -0.2) is 13.6 Å². The maximum absolute atomic E-state index is 3.99. The van der Waals surface area contributed by atoms with Gasteiger partial charge in [-0.2, -0.15) is 0 Å². The van der Waals surface area contributed by atoms with Crippen molar-refractivity contribution in [1.29, 1.82) is 0 Å². The molecule has 5 aliphatic rings. The Morgan fingerprint density at radius 1 is 1.11 bits per heavy atom. The highest BCUT2D eigenvalue weighted by Gasteiger charge is 2.59. The second-order valence-electron chi connectivity index (χ2n) is 12.9. The van der Waals surface area contributed by atoms with Gasteiger partial charge in [0.05, 0.1) is 17.3 Å². The van der Waals surface area contributed by atoms with Crippen molar-refractivity contribution in [2.24, 2.45) is 11.8 Å². The Morgan fingerprint density at radius 2 is 1.98 bits per heavy atom. The molecular formula is C43H43N. The van der Waals surface area contributed by atoms with Crippen molar-refractivity contribution in [2.75, 3.05) is 18.5 Å². The van der Waals surface area contributed by atoms with Gasteiger partial charge in [-0.05, 0) is 113 Å². The predicted octanol–water partition coefficient (Wildman–Crippen LogP) is 10.3. The van der Waals surface area contributed by atoms with Crippen LogP contribution in [0.1, 0.15) is 62.6 Å². The van der Waals surface area contributed by atoms with Gasteiger partial charge in [0.25, 0.3) is 0 Å². The van der Waals surface area contributed by atoms with Gasteiger partial charge < -0.3 is 4.90 Å². The second-order valence-corrected chi connectivity index (χ2v) is 12.9. The van der Waals surface area contributed by atoms with Crippen LogP contribution in [0, 0.1) is 30.6 Å². The Bertz CT molecular complexity index is 1830. The molecule has 0 N–H and O–H groups in total. The molecule has 0 radical (unpaired) electrons. The number of fused-ring (bicyclic) bond motifs is 8. The summed E-state index contributed by atoms with van der Waals surface area (Å²) in [6.07, 6.45) is 25.5. The smallest absolute Gasteiger partial charge is 0.0649 e. The molecule has 1 spiro atoms. The largest absolute Gasteiger partial charge is 0.371 e. The molecule has 220 valence electrons. The molecule has 2 aromatic rings. The van der Waals surface area contributed by atoms with E-state index >= 15 is 0 Å². The van der Waals surface area contributed by atoms with Crippen LogP contribution >= 0.6 is 0 Å². The molecule has 0 amide bonds. The highest BCUT2D eigenvalue weighted by Crippen LogP contribution is 2.68. The number of allylic oxidation sites excluding steroid dienone is 14. The zero-order chi connectivity index (χ0) is 30.4. The molecule has 3 unspecified atom stereocenters. The van der Waals surface area contributed by atoms with E-state index in [9.17, 15) is 0 Å². The summed E-state index contributed by atoms with van der Waals surface area (Å²) in [4.78, 5) is 2.34. The fraction of sp³-hybridized carbons (Fsp3) is 0.302. The van der Waals surface area contributed by atoms with E-state index in [0.717, 1.165) is 38.6 Å². The van der Waals surface area contributed by atoms with Crippen LogP contribution in [0.3, 0.4) is 0 Å². The highest BCUT2D eigenvalue weighted by atomic mass is 15.1. The summed E-state index contributed by atoms with van der Waals surface area (Å²) in [6.45, 7) is 11.5. The number of hydrogen-bond acceptors (Lipinski definition) is 1. The Labute approximate surface area is 264 Å². The molecule has 0 aliphatic heterocycles. The van der Waals surface area contributed by atoms with Crippen molar-refractivity contribution in [3.63, 3.8) is 0 Å². The average molecular weight is 574 g/mol. The normalized spacial score (nSPS) is 26.3. The van der Waals surface area contributed by atoms with Gasteiger partial charge in [-0.1, -0.05) is 111 Å². The van der Waals surface area contributed by atoms with Crippen molar-refractivity contribution >= 4 is 5.69 Å². The lowest BCUT2D eigenvalue weighted by molar-refractivity contribution is 0.549. The molecule has 5 aliphatic carbocycles. The molecule has 0 aromatic heterocycles. The van der Waals surface area contributed by atoms with Crippen LogP contribution in [0.4, 0.5) is 5.69 Å². The van der Waals surface area contributed by atoms with E-state index in [1.807, 2.05) is 12.2 Å². The van der Waals surface area contributed by atoms with E-state index in [4.69, 9.17) is 0 Å². The standard InChI is InChI=1S/C43H43N/c1-6-9-12-25-44(5)32-26-29(4)41-38(28-32)34-19-10-11-22-39(34)43(41)40-24-23-30(15-7-2)17-13-20-33(40)35(16-8-3)42(43)36-21-14-18-31-27-37(31)36/h6-7,9-13,15,17-20,22,26,28,30,40H,1,8,14,16,21,25,27H2,2-5H3/b12-9-,15-7?,17-13-,33-20-.